The number of hydrogen-bond acceptors (Lipinski definition) is 3. The van der Waals surface area contributed by atoms with Gasteiger partial charge in [0.2, 0.25) is 0 Å². The zero-order valence-electron chi connectivity index (χ0n) is 15.2. The van der Waals surface area contributed by atoms with Gasteiger partial charge in [0.1, 0.15) is 18.2 Å². The molecule has 1 aliphatic rings. The molecule has 0 aromatic heterocycles. The fraction of sp³-hybridized carbons (Fsp3) is 0.333. The highest BCUT2D eigenvalue weighted by molar-refractivity contribution is 7.80. The summed E-state index contributed by atoms with van der Waals surface area (Å²) in [5, 5.41) is 8.06. The second-order valence-electron chi connectivity index (χ2n) is 6.66. The molecular formula is C21H24FN3OS. The highest BCUT2D eigenvalue weighted by Crippen LogP contribution is 2.17. The number of ether oxygens (including phenoxy) is 1. The summed E-state index contributed by atoms with van der Waals surface area (Å²) in [5.41, 5.74) is 4.74. The Morgan fingerprint density at radius 2 is 1.78 bits per heavy atom. The monoisotopic (exact) mass is 385 g/mol. The number of halogens is 1. The third-order valence-electron chi connectivity index (χ3n) is 4.52. The van der Waals surface area contributed by atoms with Gasteiger partial charge in [-0.2, -0.15) is 5.10 Å². The van der Waals surface area contributed by atoms with Crippen molar-refractivity contribution in [2.24, 2.45) is 5.10 Å². The molecule has 142 valence electrons. The van der Waals surface area contributed by atoms with Gasteiger partial charge in [-0.05, 0) is 72.6 Å². The Labute approximate surface area is 164 Å². The van der Waals surface area contributed by atoms with Crippen molar-refractivity contribution in [1.82, 2.24) is 10.7 Å². The Hall–Kier alpha value is -2.47. The van der Waals surface area contributed by atoms with Crippen LogP contribution in [-0.4, -0.2) is 17.4 Å². The molecule has 0 radical (unpaired) electrons. The number of hydrazone groups is 1. The Bertz CT molecular complexity index is 756. The fourth-order valence-electron chi connectivity index (χ4n) is 3.03. The van der Waals surface area contributed by atoms with Crippen molar-refractivity contribution < 1.29 is 9.13 Å². The summed E-state index contributed by atoms with van der Waals surface area (Å²) in [7, 11) is 0. The Morgan fingerprint density at radius 1 is 1.07 bits per heavy atom. The Morgan fingerprint density at radius 3 is 2.48 bits per heavy atom. The molecule has 0 bridgehead atoms. The predicted octanol–water partition coefficient (Wildman–Crippen LogP) is 4.54. The first-order valence-corrected chi connectivity index (χ1v) is 9.67. The topological polar surface area (TPSA) is 45.6 Å². The van der Waals surface area contributed by atoms with Gasteiger partial charge in [-0.25, -0.2) is 4.39 Å². The van der Waals surface area contributed by atoms with Gasteiger partial charge in [0.15, 0.2) is 5.11 Å². The maximum Gasteiger partial charge on any atom is 0.187 e. The second kappa shape index (κ2) is 10.0. The van der Waals surface area contributed by atoms with Gasteiger partial charge < -0.3 is 10.1 Å². The predicted molar refractivity (Wildman–Crippen MR) is 111 cm³/mol. The van der Waals surface area contributed by atoms with Crippen LogP contribution in [0.1, 0.15) is 43.2 Å². The van der Waals surface area contributed by atoms with Crippen LogP contribution >= 0.6 is 12.2 Å². The van der Waals surface area contributed by atoms with Gasteiger partial charge in [-0.15, -0.1) is 0 Å². The normalized spacial score (nSPS) is 14.9. The number of rotatable bonds is 6. The zero-order chi connectivity index (χ0) is 18.9. The molecule has 4 nitrogen and oxygen atoms in total. The first-order chi connectivity index (χ1) is 13.2. The van der Waals surface area contributed by atoms with E-state index in [0.717, 1.165) is 16.9 Å². The van der Waals surface area contributed by atoms with Gasteiger partial charge in [-0.3, -0.25) is 5.43 Å². The van der Waals surface area contributed by atoms with E-state index in [0.29, 0.717) is 17.8 Å². The number of thiocarbonyl (C=S) groups is 1. The third-order valence-corrected chi connectivity index (χ3v) is 4.73. The van der Waals surface area contributed by atoms with Gasteiger partial charge >= 0.3 is 0 Å². The van der Waals surface area contributed by atoms with Crippen LogP contribution in [-0.2, 0) is 6.61 Å². The van der Waals surface area contributed by atoms with Gasteiger partial charge in [0.25, 0.3) is 0 Å². The molecule has 2 aromatic rings. The number of nitrogens with zero attached hydrogens (tertiary/aromatic N) is 1. The molecule has 1 saturated carbocycles. The molecule has 3 rings (SSSR count). The number of hydrogen-bond donors (Lipinski definition) is 2. The summed E-state index contributed by atoms with van der Waals surface area (Å²) in [6.45, 7) is 0.399. The summed E-state index contributed by atoms with van der Waals surface area (Å²) >= 11 is 5.28. The molecule has 0 saturated heterocycles. The molecule has 6 heteroatoms. The lowest BCUT2D eigenvalue weighted by atomic mass is 9.96. The van der Waals surface area contributed by atoms with Crippen molar-refractivity contribution >= 4 is 23.5 Å². The Balaban J connectivity index is 1.42. The van der Waals surface area contributed by atoms with Crippen molar-refractivity contribution in [3.63, 3.8) is 0 Å². The largest absolute Gasteiger partial charge is 0.489 e. The highest BCUT2D eigenvalue weighted by Gasteiger charge is 2.13. The SMILES string of the molecule is Fc1ccc(COc2ccc(/C=N/NC(=S)NC3CCCCC3)cc2)cc1. The van der Waals surface area contributed by atoms with Crippen LogP contribution in [0.4, 0.5) is 4.39 Å². The minimum Gasteiger partial charge on any atom is -0.489 e. The summed E-state index contributed by atoms with van der Waals surface area (Å²) in [4.78, 5) is 0. The summed E-state index contributed by atoms with van der Waals surface area (Å²) in [5.74, 6) is 0.503. The summed E-state index contributed by atoms with van der Waals surface area (Å²) in [6, 6.07) is 14.3. The van der Waals surface area contributed by atoms with E-state index in [-0.39, 0.29) is 5.82 Å². The smallest absolute Gasteiger partial charge is 0.187 e. The standard InChI is InChI=1S/C21H24FN3OS/c22-18-10-6-17(7-11-18)15-26-20-12-8-16(9-13-20)14-23-25-21(27)24-19-4-2-1-3-5-19/h6-14,19H,1-5,15H2,(H2,24,25,27)/b23-14+. The van der Waals surface area contributed by atoms with Crippen LogP contribution in [0.15, 0.2) is 53.6 Å². The van der Waals surface area contributed by atoms with Crippen molar-refractivity contribution in [2.75, 3.05) is 0 Å². The quantitative estimate of drug-likeness (QED) is 0.435. The molecular weight excluding hydrogens is 361 g/mol. The molecule has 0 heterocycles. The van der Waals surface area contributed by atoms with Crippen LogP contribution in [0.25, 0.3) is 0 Å². The first-order valence-electron chi connectivity index (χ1n) is 9.26. The van der Waals surface area contributed by atoms with Crippen LogP contribution in [0, 0.1) is 5.82 Å². The lowest BCUT2D eigenvalue weighted by Crippen LogP contribution is -2.40. The van der Waals surface area contributed by atoms with Crippen LogP contribution in [0.2, 0.25) is 0 Å². The fourth-order valence-corrected chi connectivity index (χ4v) is 3.25. The molecule has 2 aromatic carbocycles. The lowest BCUT2D eigenvalue weighted by molar-refractivity contribution is 0.306. The van der Waals surface area contributed by atoms with Crippen molar-refractivity contribution in [3.05, 3.63) is 65.5 Å². The van der Waals surface area contributed by atoms with E-state index in [9.17, 15) is 4.39 Å². The molecule has 2 N–H and O–H groups in total. The van der Waals surface area contributed by atoms with Crippen molar-refractivity contribution in [3.8, 4) is 5.75 Å². The maximum absolute atomic E-state index is 12.9. The summed E-state index contributed by atoms with van der Waals surface area (Å²) < 4.78 is 18.6. The second-order valence-corrected chi connectivity index (χ2v) is 7.07. The van der Waals surface area contributed by atoms with E-state index in [1.54, 1.807) is 18.3 Å². The third kappa shape index (κ3) is 6.64. The molecule has 0 unspecified atom stereocenters. The average Bonchev–Trinajstić information content (AvgIpc) is 2.69. The van der Waals surface area contributed by atoms with E-state index in [2.05, 4.69) is 15.8 Å². The van der Waals surface area contributed by atoms with Crippen LogP contribution in [0.3, 0.4) is 0 Å². The van der Waals surface area contributed by atoms with E-state index in [1.165, 1.54) is 44.2 Å². The molecule has 0 atom stereocenters. The molecule has 1 fully saturated rings. The Kier molecular flexibility index (Phi) is 7.16. The van der Waals surface area contributed by atoms with E-state index in [1.807, 2.05) is 24.3 Å². The van der Waals surface area contributed by atoms with E-state index >= 15 is 0 Å². The minimum absolute atomic E-state index is 0.246. The number of nitrogens with one attached hydrogen (secondary N) is 2. The van der Waals surface area contributed by atoms with E-state index in [4.69, 9.17) is 17.0 Å². The maximum atomic E-state index is 12.9. The lowest BCUT2D eigenvalue weighted by Gasteiger charge is -2.23. The first kappa shape index (κ1) is 19.3. The highest BCUT2D eigenvalue weighted by atomic mass is 32.1. The van der Waals surface area contributed by atoms with E-state index < -0.39 is 0 Å². The molecule has 0 aliphatic heterocycles. The molecule has 0 amide bonds. The molecule has 1 aliphatic carbocycles. The average molecular weight is 386 g/mol. The van der Waals surface area contributed by atoms with Gasteiger partial charge in [-0.1, -0.05) is 31.4 Å². The molecule has 27 heavy (non-hydrogen) atoms. The van der Waals surface area contributed by atoms with Gasteiger partial charge in [0.05, 0.1) is 6.21 Å². The minimum atomic E-state index is -0.246. The van der Waals surface area contributed by atoms with Crippen molar-refractivity contribution in [1.29, 1.82) is 0 Å². The molecule has 0 spiro atoms. The van der Waals surface area contributed by atoms with Crippen LogP contribution in [0.5, 0.6) is 5.75 Å². The van der Waals surface area contributed by atoms with Crippen molar-refractivity contribution in [2.45, 2.75) is 44.8 Å². The van der Waals surface area contributed by atoms with Gasteiger partial charge in [0, 0.05) is 6.04 Å². The summed E-state index contributed by atoms with van der Waals surface area (Å²) in [6.07, 6.45) is 7.91. The zero-order valence-corrected chi connectivity index (χ0v) is 16.0. The number of benzene rings is 2. The van der Waals surface area contributed by atoms with Crippen LogP contribution < -0.4 is 15.5 Å².